The zero-order valence-corrected chi connectivity index (χ0v) is 21.6. The molecule has 0 bridgehead atoms. The number of nitrogens with zero attached hydrogens (tertiary/aromatic N) is 4. The van der Waals surface area contributed by atoms with Gasteiger partial charge in [-0.05, 0) is 61.7 Å². The lowest BCUT2D eigenvalue weighted by Crippen LogP contribution is -2.21. The molecule has 0 aliphatic heterocycles. The van der Waals surface area contributed by atoms with E-state index < -0.39 is 0 Å². The fourth-order valence-electron chi connectivity index (χ4n) is 5.51. The van der Waals surface area contributed by atoms with Gasteiger partial charge in [0.1, 0.15) is 18.2 Å². The number of benzene rings is 3. The quantitative estimate of drug-likeness (QED) is 0.233. The van der Waals surface area contributed by atoms with Crippen LogP contribution in [0.5, 0.6) is 5.75 Å². The van der Waals surface area contributed by atoms with Gasteiger partial charge in [-0.1, -0.05) is 60.8 Å². The molecule has 6 rings (SSSR count). The number of aromatic nitrogens is 4. The van der Waals surface area contributed by atoms with Gasteiger partial charge >= 0.3 is 0 Å². The third-order valence-electron chi connectivity index (χ3n) is 7.37. The second kappa shape index (κ2) is 10.3. The first kappa shape index (κ1) is 23.7. The smallest absolute Gasteiger partial charge is 0.125 e. The average Bonchev–Trinajstić information content (AvgIpc) is 3.37. The molecular formula is C31H29ClN4O. The minimum atomic E-state index is 0.394. The van der Waals surface area contributed by atoms with Gasteiger partial charge in [0.15, 0.2) is 0 Å². The van der Waals surface area contributed by atoms with Gasteiger partial charge < -0.3 is 9.30 Å². The lowest BCUT2D eigenvalue weighted by atomic mass is 9.79. The predicted octanol–water partition coefficient (Wildman–Crippen LogP) is 7.93. The fourth-order valence-corrected chi connectivity index (χ4v) is 5.63. The highest BCUT2D eigenvalue weighted by molar-refractivity contribution is 6.30. The van der Waals surface area contributed by atoms with Crippen LogP contribution in [-0.4, -0.2) is 19.5 Å². The van der Waals surface area contributed by atoms with Gasteiger partial charge in [0.25, 0.3) is 0 Å². The summed E-state index contributed by atoms with van der Waals surface area (Å²) in [6, 6.07) is 25.2. The van der Waals surface area contributed by atoms with Crippen molar-refractivity contribution in [3.8, 4) is 17.0 Å². The number of aryl methyl sites for hydroxylation is 1. The summed E-state index contributed by atoms with van der Waals surface area (Å²) in [6.07, 6.45) is 8.73. The first-order chi connectivity index (χ1) is 18.2. The number of hydrogen-bond donors (Lipinski definition) is 0. The van der Waals surface area contributed by atoms with Crippen molar-refractivity contribution >= 4 is 22.6 Å². The zero-order chi connectivity index (χ0) is 25.2. The molecule has 6 heteroatoms. The second-order valence-corrected chi connectivity index (χ2v) is 10.2. The van der Waals surface area contributed by atoms with Gasteiger partial charge in [0, 0.05) is 34.3 Å². The highest BCUT2D eigenvalue weighted by Crippen LogP contribution is 2.42. The van der Waals surface area contributed by atoms with Crippen LogP contribution >= 0.6 is 11.6 Å². The lowest BCUT2D eigenvalue weighted by Gasteiger charge is -2.33. The summed E-state index contributed by atoms with van der Waals surface area (Å²) in [5.41, 5.74) is 6.45. The molecule has 186 valence electrons. The minimum absolute atomic E-state index is 0.394. The fraction of sp³-hybridized carbons (Fsp3) is 0.258. The average molecular weight is 509 g/mol. The van der Waals surface area contributed by atoms with Crippen molar-refractivity contribution in [2.24, 2.45) is 0 Å². The molecule has 2 atom stereocenters. The van der Waals surface area contributed by atoms with E-state index in [4.69, 9.17) is 16.3 Å². The summed E-state index contributed by atoms with van der Waals surface area (Å²) in [4.78, 5) is 13.7. The van der Waals surface area contributed by atoms with Crippen molar-refractivity contribution in [2.45, 2.75) is 51.2 Å². The Balaban J connectivity index is 1.20. The van der Waals surface area contributed by atoms with E-state index in [1.54, 1.807) is 0 Å². The topological polar surface area (TPSA) is 52.8 Å². The highest BCUT2D eigenvalue weighted by Gasteiger charge is 2.28. The normalized spacial score (nSPS) is 17.7. The van der Waals surface area contributed by atoms with E-state index in [0.717, 1.165) is 33.9 Å². The zero-order valence-electron chi connectivity index (χ0n) is 20.8. The van der Waals surface area contributed by atoms with Crippen LogP contribution in [0.25, 0.3) is 22.3 Å². The molecular weight excluding hydrogens is 480 g/mol. The van der Waals surface area contributed by atoms with E-state index in [0.29, 0.717) is 23.6 Å². The number of ether oxygens (including phenoxy) is 1. The SMILES string of the molecule is Cc1ncc(COc2ccc(C3CCCCC3n3cnc4ccccc43)cc2)c(-c2ccc(Cl)cc2)n1. The maximum Gasteiger partial charge on any atom is 0.125 e. The number of hydrogen-bond acceptors (Lipinski definition) is 4. The van der Waals surface area contributed by atoms with E-state index in [2.05, 4.69) is 68.0 Å². The molecule has 0 N–H and O–H groups in total. The second-order valence-electron chi connectivity index (χ2n) is 9.75. The molecule has 37 heavy (non-hydrogen) atoms. The highest BCUT2D eigenvalue weighted by atomic mass is 35.5. The Labute approximate surface area is 222 Å². The van der Waals surface area contributed by atoms with Gasteiger partial charge in [-0.3, -0.25) is 0 Å². The molecule has 2 heterocycles. The van der Waals surface area contributed by atoms with Crippen molar-refractivity contribution < 1.29 is 4.74 Å². The summed E-state index contributed by atoms with van der Waals surface area (Å²) >= 11 is 6.08. The van der Waals surface area contributed by atoms with Gasteiger partial charge in [0.05, 0.1) is 23.1 Å². The maximum absolute atomic E-state index is 6.20. The van der Waals surface area contributed by atoms with Crippen LogP contribution in [0.1, 0.15) is 54.6 Å². The Morgan fingerprint density at radius 3 is 2.54 bits per heavy atom. The van der Waals surface area contributed by atoms with Crippen LogP contribution in [0.15, 0.2) is 85.3 Å². The summed E-state index contributed by atoms with van der Waals surface area (Å²) in [6.45, 7) is 2.29. The molecule has 5 aromatic rings. The van der Waals surface area contributed by atoms with E-state index in [9.17, 15) is 0 Å². The maximum atomic E-state index is 6.20. The van der Waals surface area contributed by atoms with Crippen LogP contribution in [-0.2, 0) is 6.61 Å². The molecule has 3 aromatic carbocycles. The van der Waals surface area contributed by atoms with Gasteiger partial charge in [-0.15, -0.1) is 0 Å². The Bertz CT molecular complexity index is 1510. The molecule has 1 aliphatic carbocycles. The molecule has 0 spiro atoms. The Hall–Kier alpha value is -3.70. The Kier molecular flexibility index (Phi) is 6.62. The first-order valence-corrected chi connectivity index (χ1v) is 13.3. The van der Waals surface area contributed by atoms with Crippen molar-refractivity contribution in [1.29, 1.82) is 0 Å². The first-order valence-electron chi connectivity index (χ1n) is 12.9. The molecule has 5 nitrogen and oxygen atoms in total. The van der Waals surface area contributed by atoms with Gasteiger partial charge in [-0.25, -0.2) is 15.0 Å². The van der Waals surface area contributed by atoms with Gasteiger partial charge in [-0.2, -0.15) is 0 Å². The van der Waals surface area contributed by atoms with E-state index in [-0.39, 0.29) is 0 Å². The molecule has 2 unspecified atom stereocenters. The minimum Gasteiger partial charge on any atom is -0.489 e. The van der Waals surface area contributed by atoms with Crippen LogP contribution in [0.3, 0.4) is 0 Å². The van der Waals surface area contributed by atoms with E-state index >= 15 is 0 Å². The number of rotatable bonds is 6. The number of halogens is 1. The molecule has 1 aliphatic rings. The molecule has 0 radical (unpaired) electrons. The van der Waals surface area contributed by atoms with Crippen molar-refractivity contribution in [1.82, 2.24) is 19.5 Å². The molecule has 0 saturated heterocycles. The molecule has 0 amide bonds. The predicted molar refractivity (Wildman–Crippen MR) is 148 cm³/mol. The number of fused-ring (bicyclic) bond motifs is 1. The van der Waals surface area contributed by atoms with Crippen LogP contribution in [0, 0.1) is 6.92 Å². The van der Waals surface area contributed by atoms with Crippen molar-refractivity contribution in [3.05, 3.63) is 107 Å². The van der Waals surface area contributed by atoms with Gasteiger partial charge in [0.2, 0.25) is 0 Å². The van der Waals surface area contributed by atoms with Crippen LogP contribution < -0.4 is 4.74 Å². The van der Waals surface area contributed by atoms with Crippen LogP contribution in [0.4, 0.5) is 0 Å². The summed E-state index contributed by atoms with van der Waals surface area (Å²) in [5, 5.41) is 0.703. The monoisotopic (exact) mass is 508 g/mol. The number of para-hydroxylation sites is 2. The standard InChI is InChI=1S/C31H29ClN4O/c1-21-33-18-24(31(35-21)23-10-14-25(32)15-11-23)19-37-26-16-12-22(13-17-26)27-6-2-4-8-29(27)36-20-34-28-7-3-5-9-30(28)36/h3,5,7,9-18,20,27,29H,2,4,6,8,19H2,1H3. The molecule has 2 aromatic heterocycles. The summed E-state index contributed by atoms with van der Waals surface area (Å²) in [5.74, 6) is 2.03. The lowest BCUT2D eigenvalue weighted by molar-refractivity contribution is 0.302. The van der Waals surface area contributed by atoms with Crippen LogP contribution in [0.2, 0.25) is 5.02 Å². The largest absolute Gasteiger partial charge is 0.489 e. The van der Waals surface area contributed by atoms with E-state index in [1.807, 2.05) is 43.7 Å². The summed E-state index contributed by atoms with van der Waals surface area (Å²) < 4.78 is 8.58. The number of imidazole rings is 1. The van der Waals surface area contributed by atoms with E-state index in [1.165, 1.54) is 36.8 Å². The third-order valence-corrected chi connectivity index (χ3v) is 7.63. The Morgan fingerprint density at radius 2 is 1.70 bits per heavy atom. The Morgan fingerprint density at radius 1 is 0.919 bits per heavy atom. The molecule has 1 saturated carbocycles. The summed E-state index contributed by atoms with van der Waals surface area (Å²) in [7, 11) is 0. The third kappa shape index (κ3) is 4.96. The van der Waals surface area contributed by atoms with Crippen molar-refractivity contribution in [3.63, 3.8) is 0 Å². The van der Waals surface area contributed by atoms with Crippen molar-refractivity contribution in [2.75, 3.05) is 0 Å². The molecule has 1 fully saturated rings.